The van der Waals surface area contributed by atoms with Crippen LogP contribution in [0.1, 0.15) is 17.3 Å². The largest absolute Gasteiger partial charge is 0.441 e. The highest BCUT2D eigenvalue weighted by Gasteiger charge is 2.08. The van der Waals surface area contributed by atoms with Gasteiger partial charge in [-0.1, -0.05) is 30.3 Å². The Bertz CT molecular complexity index is 738. The van der Waals surface area contributed by atoms with Gasteiger partial charge in [0.05, 0.1) is 11.2 Å². The van der Waals surface area contributed by atoms with Crippen LogP contribution in [-0.2, 0) is 17.6 Å². The Kier molecular flexibility index (Phi) is 5.16. The third kappa shape index (κ3) is 4.50. The summed E-state index contributed by atoms with van der Waals surface area (Å²) in [7, 11) is 0. The standard InChI is InChI=1S/C17H17N3O2S/c21-15(18-9-8-17-19-10-11-23-17)6-7-16-20-12-14(22-16)13-4-2-1-3-5-13/h1-5,10-12H,6-9H2,(H,18,21). The summed E-state index contributed by atoms with van der Waals surface area (Å²) in [5.41, 5.74) is 0.985. The van der Waals surface area contributed by atoms with E-state index in [1.54, 1.807) is 23.7 Å². The minimum Gasteiger partial charge on any atom is -0.441 e. The smallest absolute Gasteiger partial charge is 0.220 e. The van der Waals surface area contributed by atoms with Crippen LogP contribution in [0, 0.1) is 0 Å². The van der Waals surface area contributed by atoms with Crippen molar-refractivity contribution in [2.24, 2.45) is 0 Å². The van der Waals surface area contributed by atoms with Crippen LogP contribution in [0.4, 0.5) is 0 Å². The summed E-state index contributed by atoms with van der Waals surface area (Å²) in [5, 5.41) is 5.86. The normalized spacial score (nSPS) is 10.6. The summed E-state index contributed by atoms with van der Waals surface area (Å²) < 4.78 is 5.68. The second kappa shape index (κ2) is 7.69. The van der Waals surface area contributed by atoms with E-state index in [2.05, 4.69) is 15.3 Å². The van der Waals surface area contributed by atoms with Crippen LogP contribution in [0.2, 0.25) is 0 Å². The average Bonchev–Trinajstić information content (AvgIpc) is 3.25. The van der Waals surface area contributed by atoms with Gasteiger partial charge in [-0.2, -0.15) is 0 Å². The lowest BCUT2D eigenvalue weighted by atomic mass is 10.2. The van der Waals surface area contributed by atoms with Gasteiger partial charge in [-0.15, -0.1) is 11.3 Å². The number of rotatable bonds is 7. The summed E-state index contributed by atoms with van der Waals surface area (Å²) in [5.74, 6) is 1.31. The number of thiazole rings is 1. The Morgan fingerprint density at radius 3 is 2.83 bits per heavy atom. The number of aromatic nitrogens is 2. The number of aryl methyl sites for hydroxylation is 1. The number of hydrogen-bond acceptors (Lipinski definition) is 5. The fourth-order valence-corrected chi connectivity index (χ4v) is 2.78. The molecule has 0 bridgehead atoms. The molecular weight excluding hydrogens is 310 g/mol. The Balaban J connectivity index is 1.43. The van der Waals surface area contributed by atoms with Crippen LogP contribution in [0.15, 0.2) is 52.5 Å². The van der Waals surface area contributed by atoms with Gasteiger partial charge in [-0.3, -0.25) is 4.79 Å². The molecule has 2 aromatic heterocycles. The summed E-state index contributed by atoms with van der Waals surface area (Å²) in [6.07, 6.45) is 5.10. The van der Waals surface area contributed by atoms with E-state index in [1.165, 1.54) is 0 Å². The van der Waals surface area contributed by atoms with Crippen molar-refractivity contribution in [3.05, 3.63) is 59.0 Å². The Morgan fingerprint density at radius 2 is 2.04 bits per heavy atom. The van der Waals surface area contributed by atoms with E-state index in [9.17, 15) is 4.79 Å². The Labute approximate surface area is 138 Å². The third-order valence-corrected chi connectivity index (χ3v) is 4.16. The molecule has 0 saturated heterocycles. The van der Waals surface area contributed by atoms with E-state index >= 15 is 0 Å². The van der Waals surface area contributed by atoms with Gasteiger partial charge in [-0.25, -0.2) is 9.97 Å². The third-order valence-electron chi connectivity index (χ3n) is 3.32. The number of benzene rings is 1. The molecule has 6 heteroatoms. The van der Waals surface area contributed by atoms with Crippen molar-refractivity contribution in [3.63, 3.8) is 0 Å². The van der Waals surface area contributed by atoms with Crippen molar-refractivity contribution < 1.29 is 9.21 Å². The first-order valence-corrected chi connectivity index (χ1v) is 8.34. The number of nitrogens with zero attached hydrogens (tertiary/aromatic N) is 2. The van der Waals surface area contributed by atoms with E-state index in [4.69, 9.17) is 4.42 Å². The van der Waals surface area contributed by atoms with E-state index in [1.807, 2.05) is 35.7 Å². The summed E-state index contributed by atoms with van der Waals surface area (Å²) in [4.78, 5) is 20.2. The molecule has 0 saturated carbocycles. The number of nitrogens with one attached hydrogen (secondary N) is 1. The molecule has 0 aliphatic heterocycles. The van der Waals surface area contributed by atoms with Crippen molar-refractivity contribution >= 4 is 17.2 Å². The number of carbonyl (C=O) groups excluding carboxylic acids is 1. The van der Waals surface area contributed by atoms with Crippen LogP contribution in [0.5, 0.6) is 0 Å². The molecule has 3 rings (SSSR count). The van der Waals surface area contributed by atoms with E-state index in [0.29, 0.717) is 25.3 Å². The zero-order valence-corrected chi connectivity index (χ0v) is 13.4. The summed E-state index contributed by atoms with van der Waals surface area (Å²) in [6, 6.07) is 9.79. The Hall–Kier alpha value is -2.47. The van der Waals surface area contributed by atoms with Crippen molar-refractivity contribution in [1.29, 1.82) is 0 Å². The lowest BCUT2D eigenvalue weighted by Gasteiger charge is -2.02. The van der Waals surface area contributed by atoms with Crippen LogP contribution < -0.4 is 5.32 Å². The highest BCUT2D eigenvalue weighted by molar-refractivity contribution is 7.09. The number of amides is 1. The average molecular weight is 327 g/mol. The number of carbonyl (C=O) groups is 1. The van der Waals surface area contributed by atoms with Crippen LogP contribution in [0.3, 0.4) is 0 Å². The van der Waals surface area contributed by atoms with Gasteiger partial charge in [0.2, 0.25) is 5.91 Å². The summed E-state index contributed by atoms with van der Waals surface area (Å²) >= 11 is 1.60. The molecule has 5 nitrogen and oxygen atoms in total. The van der Waals surface area contributed by atoms with Crippen molar-refractivity contribution in [3.8, 4) is 11.3 Å². The molecule has 0 atom stereocenters. The quantitative estimate of drug-likeness (QED) is 0.724. The molecule has 118 valence electrons. The highest BCUT2D eigenvalue weighted by atomic mass is 32.1. The van der Waals surface area contributed by atoms with Crippen molar-refractivity contribution in [1.82, 2.24) is 15.3 Å². The molecular formula is C17H17N3O2S. The van der Waals surface area contributed by atoms with Gasteiger partial charge < -0.3 is 9.73 Å². The van der Waals surface area contributed by atoms with E-state index in [0.717, 1.165) is 22.8 Å². The molecule has 0 aliphatic carbocycles. The second-order valence-corrected chi connectivity index (χ2v) is 5.99. The number of hydrogen-bond donors (Lipinski definition) is 1. The van der Waals surface area contributed by atoms with E-state index < -0.39 is 0 Å². The van der Waals surface area contributed by atoms with Gasteiger partial charge in [0.25, 0.3) is 0 Å². The molecule has 1 aromatic carbocycles. The molecule has 2 heterocycles. The lowest BCUT2D eigenvalue weighted by Crippen LogP contribution is -2.25. The molecule has 1 amide bonds. The maximum Gasteiger partial charge on any atom is 0.220 e. The maximum absolute atomic E-state index is 11.8. The SMILES string of the molecule is O=C(CCc1ncc(-c2ccccc2)o1)NCCc1nccs1. The second-order valence-electron chi connectivity index (χ2n) is 5.01. The van der Waals surface area contributed by atoms with Crippen LogP contribution in [0.25, 0.3) is 11.3 Å². The molecule has 23 heavy (non-hydrogen) atoms. The van der Waals surface area contributed by atoms with Gasteiger partial charge in [-0.05, 0) is 0 Å². The van der Waals surface area contributed by atoms with Crippen molar-refractivity contribution in [2.45, 2.75) is 19.3 Å². The first-order valence-electron chi connectivity index (χ1n) is 7.46. The lowest BCUT2D eigenvalue weighted by molar-refractivity contribution is -0.121. The maximum atomic E-state index is 11.8. The van der Waals surface area contributed by atoms with Gasteiger partial charge in [0.15, 0.2) is 11.7 Å². The predicted molar refractivity (Wildman–Crippen MR) is 89.1 cm³/mol. The minimum atomic E-state index is 0.000942. The van der Waals surface area contributed by atoms with Crippen LogP contribution >= 0.6 is 11.3 Å². The van der Waals surface area contributed by atoms with E-state index in [-0.39, 0.29) is 5.91 Å². The molecule has 0 spiro atoms. The minimum absolute atomic E-state index is 0.000942. The highest BCUT2D eigenvalue weighted by Crippen LogP contribution is 2.20. The fraction of sp³-hybridized carbons (Fsp3) is 0.235. The van der Waals surface area contributed by atoms with Crippen LogP contribution in [-0.4, -0.2) is 22.4 Å². The van der Waals surface area contributed by atoms with Gasteiger partial charge in [0.1, 0.15) is 0 Å². The van der Waals surface area contributed by atoms with Crippen molar-refractivity contribution in [2.75, 3.05) is 6.54 Å². The molecule has 0 fully saturated rings. The summed E-state index contributed by atoms with van der Waals surface area (Å²) in [6.45, 7) is 0.604. The first kappa shape index (κ1) is 15.4. The Morgan fingerprint density at radius 1 is 1.17 bits per heavy atom. The molecule has 1 N–H and O–H groups in total. The first-order chi connectivity index (χ1) is 11.3. The topological polar surface area (TPSA) is 68.0 Å². The molecule has 0 aliphatic rings. The molecule has 0 radical (unpaired) electrons. The fourth-order valence-electron chi connectivity index (χ4n) is 2.16. The van der Waals surface area contributed by atoms with Gasteiger partial charge >= 0.3 is 0 Å². The molecule has 0 unspecified atom stereocenters. The zero-order chi connectivity index (χ0) is 15.9. The number of oxazole rings is 1. The van der Waals surface area contributed by atoms with Gasteiger partial charge in [0, 0.05) is 42.9 Å². The monoisotopic (exact) mass is 327 g/mol. The molecule has 3 aromatic rings. The zero-order valence-electron chi connectivity index (χ0n) is 12.6. The predicted octanol–water partition coefficient (Wildman–Crippen LogP) is 3.09.